The number of hydrogen-bond donors (Lipinski definition) is 2. The molecule has 148 valence electrons. The molecule has 3 rings (SSSR count). The molecule has 7 heteroatoms. The highest BCUT2D eigenvalue weighted by Gasteiger charge is 2.19. The van der Waals surface area contributed by atoms with Crippen LogP contribution >= 0.6 is 0 Å². The van der Waals surface area contributed by atoms with Crippen LogP contribution in [0.3, 0.4) is 0 Å². The van der Waals surface area contributed by atoms with E-state index in [2.05, 4.69) is 15.0 Å². The Morgan fingerprint density at radius 2 is 1.93 bits per heavy atom. The highest BCUT2D eigenvalue weighted by molar-refractivity contribution is 7.90. The number of amides is 1. The zero-order valence-electron chi connectivity index (χ0n) is 15.7. The number of aliphatic imine (C=N–C) groups is 1. The van der Waals surface area contributed by atoms with Crippen LogP contribution in [0.1, 0.15) is 64.2 Å². The monoisotopic (exact) mass is 391 g/mol. The molecule has 1 heterocycles. The van der Waals surface area contributed by atoms with E-state index < -0.39 is 10.0 Å². The second-order valence-corrected chi connectivity index (χ2v) is 9.19. The van der Waals surface area contributed by atoms with Crippen molar-refractivity contribution < 1.29 is 13.2 Å². The normalized spacial score (nSPS) is 18.6. The van der Waals surface area contributed by atoms with Gasteiger partial charge in [-0.3, -0.25) is 14.5 Å². The summed E-state index contributed by atoms with van der Waals surface area (Å²) in [6.45, 7) is 0.662. The summed E-state index contributed by atoms with van der Waals surface area (Å²) in [5.74, 6) is 1.13. The van der Waals surface area contributed by atoms with Crippen molar-refractivity contribution in [2.75, 3.05) is 11.9 Å². The van der Waals surface area contributed by atoms with Crippen molar-refractivity contribution in [1.82, 2.24) is 4.72 Å². The zero-order valence-corrected chi connectivity index (χ0v) is 16.6. The van der Waals surface area contributed by atoms with E-state index in [1.54, 1.807) is 12.1 Å². The fourth-order valence-corrected chi connectivity index (χ4v) is 4.90. The van der Waals surface area contributed by atoms with Gasteiger partial charge in [-0.25, -0.2) is 8.42 Å². The molecular formula is C20H29N3O3S. The van der Waals surface area contributed by atoms with Crippen LogP contribution in [0.5, 0.6) is 0 Å². The van der Waals surface area contributed by atoms with Gasteiger partial charge in [-0.2, -0.15) is 0 Å². The van der Waals surface area contributed by atoms with Crippen molar-refractivity contribution in [2.24, 2.45) is 10.9 Å². The summed E-state index contributed by atoms with van der Waals surface area (Å²) in [6, 6.07) is 6.41. The maximum absolute atomic E-state index is 12.6. The van der Waals surface area contributed by atoms with Crippen LogP contribution in [0.25, 0.3) is 0 Å². The van der Waals surface area contributed by atoms with Gasteiger partial charge in [0.1, 0.15) is 5.84 Å². The highest BCUT2D eigenvalue weighted by Crippen LogP contribution is 2.28. The van der Waals surface area contributed by atoms with Crippen molar-refractivity contribution in [3.05, 3.63) is 24.3 Å². The third kappa shape index (κ3) is 6.06. The lowest BCUT2D eigenvalue weighted by molar-refractivity contribution is -0.116. The van der Waals surface area contributed by atoms with E-state index in [1.807, 2.05) is 0 Å². The predicted octanol–water partition coefficient (Wildman–Crippen LogP) is 3.85. The third-order valence-corrected chi connectivity index (χ3v) is 6.69. The summed E-state index contributed by atoms with van der Waals surface area (Å²) < 4.78 is 27.9. The Bertz CT molecular complexity index is 783. The van der Waals surface area contributed by atoms with Crippen LogP contribution < -0.4 is 10.0 Å². The number of carbonyl (C=O) groups excluding carboxylic acids is 1. The van der Waals surface area contributed by atoms with Crippen molar-refractivity contribution >= 4 is 27.5 Å². The van der Waals surface area contributed by atoms with Gasteiger partial charge in [0.25, 0.3) is 10.0 Å². The fourth-order valence-electron chi connectivity index (χ4n) is 3.77. The van der Waals surface area contributed by atoms with Gasteiger partial charge in [0.15, 0.2) is 0 Å². The van der Waals surface area contributed by atoms with E-state index >= 15 is 0 Å². The van der Waals surface area contributed by atoms with Gasteiger partial charge < -0.3 is 5.32 Å². The summed E-state index contributed by atoms with van der Waals surface area (Å²) in [7, 11) is -3.69. The summed E-state index contributed by atoms with van der Waals surface area (Å²) >= 11 is 0. The Kier molecular flexibility index (Phi) is 6.88. The molecular weight excluding hydrogens is 362 g/mol. The van der Waals surface area contributed by atoms with Crippen LogP contribution in [0, 0.1) is 5.92 Å². The van der Waals surface area contributed by atoms with Crippen LogP contribution in [0.2, 0.25) is 0 Å². The number of hydrogen-bond acceptors (Lipinski definition) is 4. The van der Waals surface area contributed by atoms with Crippen LogP contribution in [0.4, 0.5) is 5.69 Å². The van der Waals surface area contributed by atoms with Gasteiger partial charge >= 0.3 is 0 Å². The lowest BCUT2D eigenvalue weighted by Crippen LogP contribution is -2.30. The van der Waals surface area contributed by atoms with Crippen LogP contribution in [-0.2, 0) is 14.8 Å². The Morgan fingerprint density at radius 3 is 2.74 bits per heavy atom. The van der Waals surface area contributed by atoms with Crippen LogP contribution in [0.15, 0.2) is 34.2 Å². The third-order valence-electron chi connectivity index (χ3n) is 5.31. The lowest BCUT2D eigenvalue weighted by atomic mass is 10.0. The number of amidine groups is 1. The minimum absolute atomic E-state index is 0.0578. The molecule has 1 amide bonds. The first-order valence-corrected chi connectivity index (χ1v) is 11.5. The minimum Gasteiger partial charge on any atom is -0.326 e. The number of nitrogens with zero attached hydrogens (tertiary/aromatic N) is 1. The Labute approximate surface area is 161 Å². The van der Waals surface area contributed by atoms with Crippen molar-refractivity contribution in [2.45, 2.75) is 69.1 Å². The zero-order chi connectivity index (χ0) is 19.1. The van der Waals surface area contributed by atoms with E-state index in [0.717, 1.165) is 25.7 Å². The molecule has 0 bridgehead atoms. The SMILES string of the molecule is O=C(CCC1CCCC1)Nc1cccc(S(=O)(=O)NC2=NCCCCC2)c1. The number of rotatable bonds is 6. The van der Waals surface area contributed by atoms with E-state index in [4.69, 9.17) is 0 Å². The molecule has 1 aliphatic heterocycles. The van der Waals surface area contributed by atoms with Crippen LogP contribution in [-0.4, -0.2) is 26.7 Å². The number of carbonyl (C=O) groups is 1. The highest BCUT2D eigenvalue weighted by atomic mass is 32.2. The predicted molar refractivity (Wildman–Crippen MR) is 107 cm³/mol. The number of nitrogens with one attached hydrogen (secondary N) is 2. The summed E-state index contributed by atoms with van der Waals surface area (Å²) in [4.78, 5) is 16.7. The molecule has 1 aromatic carbocycles. The maximum Gasteiger partial charge on any atom is 0.262 e. The molecule has 0 saturated heterocycles. The van der Waals surface area contributed by atoms with Gasteiger partial charge in [-0.1, -0.05) is 38.2 Å². The lowest BCUT2D eigenvalue weighted by Gasteiger charge is -2.12. The molecule has 2 N–H and O–H groups in total. The molecule has 0 radical (unpaired) electrons. The summed E-state index contributed by atoms with van der Waals surface area (Å²) in [5.41, 5.74) is 0.511. The van der Waals surface area contributed by atoms with Crippen molar-refractivity contribution in [3.8, 4) is 0 Å². The standard InChI is InChI=1S/C20H29N3O3S/c24-20(13-12-16-7-3-4-8-16)22-17-9-6-10-18(15-17)27(25,26)23-19-11-2-1-5-14-21-19/h6,9-10,15-16H,1-5,7-8,11-14H2,(H,21,23)(H,22,24). The second-order valence-electron chi connectivity index (χ2n) is 7.51. The average molecular weight is 392 g/mol. The topological polar surface area (TPSA) is 87.6 Å². The smallest absolute Gasteiger partial charge is 0.262 e. The van der Waals surface area contributed by atoms with E-state index in [1.165, 1.54) is 37.8 Å². The Morgan fingerprint density at radius 1 is 1.11 bits per heavy atom. The van der Waals surface area contributed by atoms with Crippen molar-refractivity contribution in [3.63, 3.8) is 0 Å². The molecule has 0 atom stereocenters. The summed E-state index contributed by atoms with van der Waals surface area (Å²) in [6.07, 6.45) is 10.0. The van der Waals surface area contributed by atoms with Gasteiger partial charge in [0, 0.05) is 25.1 Å². The molecule has 0 spiro atoms. The van der Waals surface area contributed by atoms with Gasteiger partial charge in [0.2, 0.25) is 5.91 Å². The first-order chi connectivity index (χ1) is 13.0. The minimum atomic E-state index is -3.69. The molecule has 1 aromatic rings. The molecule has 6 nitrogen and oxygen atoms in total. The Hall–Kier alpha value is -1.89. The first-order valence-electron chi connectivity index (χ1n) is 9.99. The van der Waals surface area contributed by atoms with Gasteiger partial charge in [-0.05, 0) is 43.4 Å². The first kappa shape index (κ1) is 19.9. The average Bonchev–Trinajstić information content (AvgIpc) is 3.04. The largest absolute Gasteiger partial charge is 0.326 e. The molecule has 0 aromatic heterocycles. The molecule has 1 fully saturated rings. The van der Waals surface area contributed by atoms with Gasteiger partial charge in [-0.15, -0.1) is 0 Å². The van der Waals surface area contributed by atoms with Gasteiger partial charge in [0.05, 0.1) is 4.90 Å². The second kappa shape index (κ2) is 9.35. The van der Waals surface area contributed by atoms with E-state index in [0.29, 0.717) is 36.8 Å². The number of anilines is 1. The molecule has 1 aliphatic carbocycles. The fraction of sp³-hybridized carbons (Fsp3) is 0.600. The molecule has 0 unspecified atom stereocenters. The summed E-state index contributed by atoms with van der Waals surface area (Å²) in [5, 5.41) is 2.83. The maximum atomic E-state index is 12.6. The molecule has 2 aliphatic rings. The number of benzene rings is 1. The quantitative estimate of drug-likeness (QED) is 0.772. The van der Waals surface area contributed by atoms with E-state index in [9.17, 15) is 13.2 Å². The molecule has 1 saturated carbocycles. The Balaban J connectivity index is 1.59. The number of sulfonamides is 1. The van der Waals surface area contributed by atoms with E-state index in [-0.39, 0.29) is 10.8 Å². The molecule has 27 heavy (non-hydrogen) atoms. The van der Waals surface area contributed by atoms with Crippen molar-refractivity contribution in [1.29, 1.82) is 0 Å².